The van der Waals surface area contributed by atoms with E-state index in [1.165, 1.54) is 11.8 Å². The molecule has 0 spiro atoms. The molecule has 2 N–H and O–H groups in total. The van der Waals surface area contributed by atoms with Crippen LogP contribution in [-0.2, 0) is 4.79 Å². The number of nitrogens with zero attached hydrogens (tertiary/aromatic N) is 2. The lowest BCUT2D eigenvalue weighted by atomic mass is 10.2. The first-order valence-electron chi connectivity index (χ1n) is 5.94. The quantitative estimate of drug-likeness (QED) is 0.804. The van der Waals surface area contributed by atoms with Gasteiger partial charge in [0.25, 0.3) is 0 Å². The fourth-order valence-corrected chi connectivity index (χ4v) is 2.40. The largest absolute Gasteiger partial charge is 0.394 e. The third-order valence-corrected chi connectivity index (χ3v) is 3.54. The standard InChI is InChI=1S/C13H15N3O2S/c1-9(7-17)15-12(18)8-19-13-11-5-3-2-4-10(11)6-14-16-13/h2-6,9,17H,7-8H2,1H3,(H,15,18)/t9-/m0/s1. The van der Waals surface area contributed by atoms with Gasteiger partial charge in [0.05, 0.1) is 18.6 Å². The molecule has 0 bridgehead atoms. The fraction of sp³-hybridized carbons (Fsp3) is 0.308. The van der Waals surface area contributed by atoms with Gasteiger partial charge in [0, 0.05) is 16.8 Å². The van der Waals surface area contributed by atoms with Crippen LogP contribution in [-0.4, -0.2) is 39.6 Å². The number of amides is 1. The molecule has 0 aliphatic carbocycles. The summed E-state index contributed by atoms with van der Waals surface area (Å²) in [5.41, 5.74) is 0. The number of fused-ring (bicyclic) bond motifs is 1. The van der Waals surface area contributed by atoms with E-state index >= 15 is 0 Å². The lowest BCUT2D eigenvalue weighted by Crippen LogP contribution is -2.36. The summed E-state index contributed by atoms with van der Waals surface area (Å²) >= 11 is 1.34. The predicted octanol–water partition coefficient (Wildman–Crippen LogP) is 1.22. The highest BCUT2D eigenvalue weighted by Crippen LogP contribution is 2.24. The molecule has 2 aromatic rings. The number of carbonyl (C=O) groups excluding carboxylic acids is 1. The molecular weight excluding hydrogens is 262 g/mol. The van der Waals surface area contributed by atoms with E-state index in [1.807, 2.05) is 24.3 Å². The van der Waals surface area contributed by atoms with E-state index in [1.54, 1.807) is 13.1 Å². The fourth-order valence-electron chi connectivity index (χ4n) is 1.60. The number of aromatic nitrogens is 2. The first kappa shape index (κ1) is 13.8. The van der Waals surface area contributed by atoms with Gasteiger partial charge in [-0.1, -0.05) is 36.0 Å². The van der Waals surface area contributed by atoms with Crippen molar-refractivity contribution >= 4 is 28.4 Å². The molecule has 19 heavy (non-hydrogen) atoms. The summed E-state index contributed by atoms with van der Waals surface area (Å²) in [4.78, 5) is 11.6. The van der Waals surface area contributed by atoms with Crippen molar-refractivity contribution in [3.63, 3.8) is 0 Å². The van der Waals surface area contributed by atoms with E-state index in [0.717, 1.165) is 15.8 Å². The van der Waals surface area contributed by atoms with Crippen molar-refractivity contribution in [1.82, 2.24) is 15.5 Å². The van der Waals surface area contributed by atoms with Gasteiger partial charge in [0.15, 0.2) is 0 Å². The number of thioether (sulfide) groups is 1. The molecule has 0 aliphatic heterocycles. The monoisotopic (exact) mass is 277 g/mol. The molecule has 0 fully saturated rings. The highest BCUT2D eigenvalue weighted by atomic mass is 32.2. The zero-order valence-corrected chi connectivity index (χ0v) is 11.4. The average molecular weight is 277 g/mol. The number of rotatable bonds is 5. The van der Waals surface area contributed by atoms with E-state index in [2.05, 4.69) is 15.5 Å². The van der Waals surface area contributed by atoms with Gasteiger partial charge in [-0.05, 0) is 6.92 Å². The number of benzene rings is 1. The van der Waals surface area contributed by atoms with E-state index in [4.69, 9.17) is 5.11 Å². The van der Waals surface area contributed by atoms with Gasteiger partial charge in [-0.2, -0.15) is 5.10 Å². The van der Waals surface area contributed by atoms with Crippen LogP contribution in [0, 0.1) is 0 Å². The topological polar surface area (TPSA) is 75.1 Å². The van der Waals surface area contributed by atoms with Crippen LogP contribution >= 0.6 is 11.8 Å². The first-order chi connectivity index (χ1) is 9.20. The number of aliphatic hydroxyl groups is 1. The van der Waals surface area contributed by atoms with Crippen molar-refractivity contribution in [2.24, 2.45) is 0 Å². The van der Waals surface area contributed by atoms with Crippen molar-refractivity contribution in [3.8, 4) is 0 Å². The third kappa shape index (κ3) is 3.65. The predicted molar refractivity (Wildman–Crippen MR) is 75.0 cm³/mol. The molecule has 0 saturated carbocycles. The van der Waals surface area contributed by atoms with E-state index < -0.39 is 0 Å². The summed E-state index contributed by atoms with van der Waals surface area (Å²) in [5, 5.41) is 22.3. The maximum Gasteiger partial charge on any atom is 0.230 e. The summed E-state index contributed by atoms with van der Waals surface area (Å²) in [6.45, 7) is 1.69. The lowest BCUT2D eigenvalue weighted by Gasteiger charge is -2.10. The highest BCUT2D eigenvalue weighted by molar-refractivity contribution is 8.00. The Kier molecular flexibility index (Phi) is 4.70. The summed E-state index contributed by atoms with van der Waals surface area (Å²) in [6.07, 6.45) is 1.70. The number of hydrogen-bond donors (Lipinski definition) is 2. The number of aliphatic hydroxyl groups excluding tert-OH is 1. The molecule has 0 unspecified atom stereocenters. The Morgan fingerprint density at radius 1 is 1.47 bits per heavy atom. The van der Waals surface area contributed by atoms with Gasteiger partial charge in [0.2, 0.25) is 5.91 Å². The van der Waals surface area contributed by atoms with Crippen molar-refractivity contribution in [3.05, 3.63) is 30.5 Å². The van der Waals surface area contributed by atoms with E-state index in [-0.39, 0.29) is 24.3 Å². The number of carbonyl (C=O) groups is 1. The number of hydrogen-bond acceptors (Lipinski definition) is 5. The van der Waals surface area contributed by atoms with E-state index in [9.17, 15) is 4.79 Å². The molecular formula is C13H15N3O2S. The Morgan fingerprint density at radius 3 is 3.05 bits per heavy atom. The zero-order chi connectivity index (χ0) is 13.7. The van der Waals surface area contributed by atoms with Crippen LogP contribution < -0.4 is 5.32 Å². The average Bonchev–Trinajstić information content (AvgIpc) is 2.44. The molecule has 0 saturated heterocycles. The van der Waals surface area contributed by atoms with Crippen LogP contribution in [0.15, 0.2) is 35.5 Å². The van der Waals surface area contributed by atoms with Crippen LogP contribution in [0.3, 0.4) is 0 Å². The van der Waals surface area contributed by atoms with Crippen LogP contribution in [0.2, 0.25) is 0 Å². The van der Waals surface area contributed by atoms with Gasteiger partial charge in [0.1, 0.15) is 5.03 Å². The Hall–Kier alpha value is -1.66. The summed E-state index contributed by atoms with van der Waals surface area (Å²) in [5.74, 6) is 0.133. The van der Waals surface area contributed by atoms with Gasteiger partial charge in [-0.15, -0.1) is 5.10 Å². The van der Waals surface area contributed by atoms with Crippen molar-refractivity contribution in [2.45, 2.75) is 18.0 Å². The molecule has 1 aromatic heterocycles. The molecule has 6 heteroatoms. The van der Waals surface area contributed by atoms with Crippen LogP contribution in [0.5, 0.6) is 0 Å². The molecule has 5 nitrogen and oxygen atoms in total. The summed E-state index contributed by atoms with van der Waals surface area (Å²) in [6, 6.07) is 7.56. The minimum Gasteiger partial charge on any atom is -0.394 e. The van der Waals surface area contributed by atoms with Crippen molar-refractivity contribution < 1.29 is 9.90 Å². The SMILES string of the molecule is C[C@@H](CO)NC(=O)CSc1nncc2ccccc12. The second-order valence-electron chi connectivity index (χ2n) is 4.18. The maximum absolute atomic E-state index is 11.6. The second kappa shape index (κ2) is 6.49. The molecule has 0 radical (unpaired) electrons. The van der Waals surface area contributed by atoms with Gasteiger partial charge >= 0.3 is 0 Å². The van der Waals surface area contributed by atoms with Crippen LogP contribution in [0.4, 0.5) is 0 Å². The molecule has 100 valence electrons. The normalized spacial score (nSPS) is 12.3. The van der Waals surface area contributed by atoms with Gasteiger partial charge in [-0.25, -0.2) is 0 Å². The van der Waals surface area contributed by atoms with E-state index in [0.29, 0.717) is 0 Å². The maximum atomic E-state index is 11.6. The summed E-state index contributed by atoms with van der Waals surface area (Å²) in [7, 11) is 0. The van der Waals surface area contributed by atoms with Gasteiger partial charge in [-0.3, -0.25) is 4.79 Å². The third-order valence-electron chi connectivity index (χ3n) is 2.56. The Balaban J connectivity index is 2.04. The highest BCUT2D eigenvalue weighted by Gasteiger charge is 2.09. The minimum atomic E-state index is -0.230. The van der Waals surface area contributed by atoms with Gasteiger partial charge < -0.3 is 10.4 Å². The molecule has 1 atom stereocenters. The molecule has 1 aromatic carbocycles. The zero-order valence-electron chi connectivity index (χ0n) is 10.5. The second-order valence-corrected chi connectivity index (χ2v) is 5.14. The number of nitrogens with one attached hydrogen (secondary N) is 1. The Labute approximate surface area is 115 Å². The Morgan fingerprint density at radius 2 is 2.26 bits per heavy atom. The molecule has 2 rings (SSSR count). The van der Waals surface area contributed by atoms with Crippen LogP contribution in [0.25, 0.3) is 10.8 Å². The minimum absolute atomic E-state index is 0.0650. The Bertz CT molecular complexity index is 571. The van der Waals surface area contributed by atoms with Crippen LogP contribution in [0.1, 0.15) is 6.92 Å². The lowest BCUT2D eigenvalue weighted by molar-refractivity contribution is -0.119. The molecule has 1 heterocycles. The van der Waals surface area contributed by atoms with Crippen molar-refractivity contribution in [1.29, 1.82) is 0 Å². The van der Waals surface area contributed by atoms with Crippen molar-refractivity contribution in [2.75, 3.05) is 12.4 Å². The first-order valence-corrected chi connectivity index (χ1v) is 6.92. The molecule has 0 aliphatic rings. The summed E-state index contributed by atoms with van der Waals surface area (Å²) < 4.78 is 0. The smallest absolute Gasteiger partial charge is 0.230 e. The molecule has 1 amide bonds.